The number of benzene rings is 1. The second-order valence-corrected chi connectivity index (χ2v) is 5.00. The van der Waals surface area contributed by atoms with Gasteiger partial charge in [-0.1, -0.05) is 30.3 Å². The molecule has 2 aromatic rings. The molecule has 1 aliphatic rings. The van der Waals surface area contributed by atoms with Gasteiger partial charge in [0, 0.05) is 25.2 Å². The molecule has 0 atom stereocenters. The van der Waals surface area contributed by atoms with Crippen LogP contribution < -0.4 is 5.73 Å². The van der Waals surface area contributed by atoms with Gasteiger partial charge >= 0.3 is 0 Å². The Morgan fingerprint density at radius 1 is 1.25 bits per heavy atom. The summed E-state index contributed by atoms with van der Waals surface area (Å²) in [4.78, 5) is 22.0. The van der Waals surface area contributed by atoms with Crippen molar-refractivity contribution in [3.63, 3.8) is 0 Å². The number of hydrogen-bond donors (Lipinski definition) is 1. The molecule has 0 aliphatic carbocycles. The van der Waals surface area contributed by atoms with Crippen LogP contribution in [0.1, 0.15) is 17.2 Å². The second-order valence-electron chi connectivity index (χ2n) is 5.00. The van der Waals surface area contributed by atoms with Crippen molar-refractivity contribution in [3.05, 3.63) is 53.9 Å². The zero-order chi connectivity index (χ0) is 13.9. The molecule has 1 aromatic carbocycles. The lowest BCUT2D eigenvalue weighted by Crippen LogP contribution is -2.49. The zero-order valence-electron chi connectivity index (χ0n) is 11.1. The maximum absolute atomic E-state index is 12.1. The van der Waals surface area contributed by atoms with Gasteiger partial charge in [0.15, 0.2) is 0 Å². The van der Waals surface area contributed by atoms with Crippen molar-refractivity contribution in [2.45, 2.75) is 12.3 Å². The van der Waals surface area contributed by atoms with Crippen molar-refractivity contribution < 1.29 is 4.79 Å². The molecule has 5 nitrogen and oxygen atoms in total. The van der Waals surface area contributed by atoms with Crippen molar-refractivity contribution in [2.75, 3.05) is 18.8 Å². The highest BCUT2D eigenvalue weighted by Gasteiger charge is 2.32. The summed E-state index contributed by atoms with van der Waals surface area (Å²) in [7, 11) is 0. The van der Waals surface area contributed by atoms with Crippen molar-refractivity contribution in [1.82, 2.24) is 14.9 Å². The predicted octanol–water partition coefficient (Wildman–Crippen LogP) is 1.23. The van der Waals surface area contributed by atoms with Gasteiger partial charge in [-0.2, -0.15) is 0 Å². The molecule has 5 heteroatoms. The maximum atomic E-state index is 12.1. The molecule has 0 unspecified atom stereocenters. The van der Waals surface area contributed by atoms with E-state index in [-0.39, 0.29) is 17.8 Å². The molecule has 0 spiro atoms. The van der Waals surface area contributed by atoms with Gasteiger partial charge < -0.3 is 10.6 Å². The molecule has 1 saturated heterocycles. The molecule has 20 heavy (non-hydrogen) atoms. The SMILES string of the molecule is Nc1nccc(C2CN(C(=O)Cc3ccccc3)C2)n1. The van der Waals surface area contributed by atoms with Crippen LogP contribution >= 0.6 is 0 Å². The Labute approximate surface area is 117 Å². The number of nitrogens with two attached hydrogens (primary N) is 1. The summed E-state index contributed by atoms with van der Waals surface area (Å²) in [6.07, 6.45) is 2.12. The average molecular weight is 268 g/mol. The summed E-state index contributed by atoms with van der Waals surface area (Å²) in [5.74, 6) is 0.728. The van der Waals surface area contributed by atoms with Crippen LogP contribution in [0.4, 0.5) is 5.95 Å². The van der Waals surface area contributed by atoms with E-state index in [9.17, 15) is 4.79 Å². The molecule has 1 aromatic heterocycles. The van der Waals surface area contributed by atoms with Crippen molar-refractivity contribution in [3.8, 4) is 0 Å². The van der Waals surface area contributed by atoms with Gasteiger partial charge in [-0.15, -0.1) is 0 Å². The smallest absolute Gasteiger partial charge is 0.227 e. The molecule has 1 fully saturated rings. The molecule has 0 bridgehead atoms. The van der Waals surface area contributed by atoms with Gasteiger partial charge in [0.25, 0.3) is 0 Å². The molecule has 102 valence electrons. The van der Waals surface area contributed by atoms with Crippen molar-refractivity contribution in [2.24, 2.45) is 0 Å². The minimum Gasteiger partial charge on any atom is -0.368 e. The minimum atomic E-state index is 0.162. The normalized spacial score (nSPS) is 14.9. The van der Waals surface area contributed by atoms with E-state index in [1.165, 1.54) is 0 Å². The lowest BCUT2D eigenvalue weighted by Gasteiger charge is -2.39. The predicted molar refractivity (Wildman–Crippen MR) is 75.9 cm³/mol. The Hall–Kier alpha value is -2.43. The third-order valence-corrected chi connectivity index (χ3v) is 3.55. The van der Waals surface area contributed by atoms with Crippen molar-refractivity contribution >= 4 is 11.9 Å². The van der Waals surface area contributed by atoms with Gasteiger partial charge in [-0.3, -0.25) is 4.79 Å². The monoisotopic (exact) mass is 268 g/mol. The van der Waals surface area contributed by atoms with E-state index in [2.05, 4.69) is 9.97 Å². The minimum absolute atomic E-state index is 0.162. The molecular weight excluding hydrogens is 252 g/mol. The number of carbonyl (C=O) groups excluding carboxylic acids is 1. The Bertz CT molecular complexity index is 608. The first-order valence-corrected chi connectivity index (χ1v) is 6.62. The number of anilines is 1. The molecule has 3 rings (SSSR count). The van der Waals surface area contributed by atoms with Gasteiger partial charge in [-0.05, 0) is 11.6 Å². The van der Waals surface area contributed by atoms with Crippen LogP contribution in [0.5, 0.6) is 0 Å². The fraction of sp³-hybridized carbons (Fsp3) is 0.267. The summed E-state index contributed by atoms with van der Waals surface area (Å²) in [6, 6.07) is 11.7. The van der Waals surface area contributed by atoms with Gasteiger partial charge in [0.1, 0.15) is 0 Å². The van der Waals surface area contributed by atoms with Crippen LogP contribution in [0.2, 0.25) is 0 Å². The second kappa shape index (κ2) is 5.28. The number of aromatic nitrogens is 2. The number of amides is 1. The van der Waals surface area contributed by atoms with Crippen LogP contribution in [0.15, 0.2) is 42.6 Å². The van der Waals surface area contributed by atoms with E-state index in [1.54, 1.807) is 6.20 Å². The Morgan fingerprint density at radius 3 is 2.70 bits per heavy atom. The fourth-order valence-corrected chi connectivity index (χ4v) is 2.37. The molecule has 1 amide bonds. The summed E-state index contributed by atoms with van der Waals surface area (Å²) < 4.78 is 0. The Morgan fingerprint density at radius 2 is 2.00 bits per heavy atom. The van der Waals surface area contributed by atoms with E-state index < -0.39 is 0 Å². The van der Waals surface area contributed by atoms with Crippen LogP contribution in [0.25, 0.3) is 0 Å². The third kappa shape index (κ3) is 2.61. The molecule has 0 saturated carbocycles. The highest BCUT2D eigenvalue weighted by atomic mass is 16.2. The highest BCUT2D eigenvalue weighted by molar-refractivity contribution is 5.79. The third-order valence-electron chi connectivity index (χ3n) is 3.55. The van der Waals surface area contributed by atoms with Crippen LogP contribution in [0.3, 0.4) is 0 Å². The summed E-state index contributed by atoms with van der Waals surface area (Å²) in [5.41, 5.74) is 7.54. The molecular formula is C15H16N4O. The van der Waals surface area contributed by atoms with Gasteiger partial charge in [0.2, 0.25) is 11.9 Å². The molecule has 1 aliphatic heterocycles. The van der Waals surface area contributed by atoms with Crippen LogP contribution in [-0.4, -0.2) is 33.9 Å². The van der Waals surface area contributed by atoms with Gasteiger partial charge in [0.05, 0.1) is 12.1 Å². The first-order valence-electron chi connectivity index (χ1n) is 6.62. The Balaban J connectivity index is 1.56. The Kier molecular flexibility index (Phi) is 3.33. The van der Waals surface area contributed by atoms with E-state index in [0.29, 0.717) is 19.5 Å². The topological polar surface area (TPSA) is 72.1 Å². The number of rotatable bonds is 3. The lowest BCUT2D eigenvalue weighted by atomic mass is 9.95. The van der Waals surface area contributed by atoms with Crippen molar-refractivity contribution in [1.29, 1.82) is 0 Å². The first kappa shape index (κ1) is 12.6. The standard InChI is InChI=1S/C15H16N4O/c16-15-17-7-6-13(18-15)12-9-19(10-12)14(20)8-11-4-2-1-3-5-11/h1-7,12H,8-10H2,(H2,16,17,18). The summed E-state index contributed by atoms with van der Waals surface area (Å²) in [6.45, 7) is 1.42. The molecule has 2 heterocycles. The number of nitrogen functional groups attached to an aromatic ring is 1. The quantitative estimate of drug-likeness (QED) is 0.908. The fourth-order valence-electron chi connectivity index (χ4n) is 2.37. The number of hydrogen-bond acceptors (Lipinski definition) is 4. The molecule has 0 radical (unpaired) electrons. The number of nitrogens with zero attached hydrogens (tertiary/aromatic N) is 3. The van der Waals surface area contributed by atoms with E-state index >= 15 is 0 Å². The van der Waals surface area contributed by atoms with E-state index in [0.717, 1.165) is 11.3 Å². The first-order chi connectivity index (χ1) is 9.72. The zero-order valence-corrected chi connectivity index (χ0v) is 11.1. The largest absolute Gasteiger partial charge is 0.368 e. The lowest BCUT2D eigenvalue weighted by molar-refractivity contribution is -0.134. The number of carbonyl (C=O) groups is 1. The van der Waals surface area contributed by atoms with E-state index in [4.69, 9.17) is 5.73 Å². The van der Waals surface area contributed by atoms with Crippen LogP contribution in [0, 0.1) is 0 Å². The van der Waals surface area contributed by atoms with Crippen LogP contribution in [-0.2, 0) is 11.2 Å². The molecule has 2 N–H and O–H groups in total. The average Bonchev–Trinajstić information content (AvgIpc) is 2.38. The maximum Gasteiger partial charge on any atom is 0.227 e. The van der Waals surface area contributed by atoms with E-state index in [1.807, 2.05) is 41.3 Å². The van der Waals surface area contributed by atoms with Gasteiger partial charge in [-0.25, -0.2) is 9.97 Å². The summed E-state index contributed by atoms with van der Waals surface area (Å²) >= 11 is 0. The highest BCUT2D eigenvalue weighted by Crippen LogP contribution is 2.26. The number of likely N-dealkylation sites (tertiary alicyclic amines) is 1. The summed E-state index contributed by atoms with van der Waals surface area (Å²) in [5, 5.41) is 0.